The summed E-state index contributed by atoms with van der Waals surface area (Å²) in [5, 5.41) is 3.28. The van der Waals surface area contributed by atoms with Gasteiger partial charge in [-0.15, -0.1) is 11.3 Å². The molecular weight excluding hydrogens is 462 g/mol. The minimum absolute atomic E-state index is 0.135. The molecule has 172 valence electrons. The molecule has 1 fully saturated rings. The van der Waals surface area contributed by atoms with Crippen molar-refractivity contribution in [3.05, 3.63) is 64.2 Å². The monoisotopic (exact) mass is 485 g/mol. The van der Waals surface area contributed by atoms with Crippen LogP contribution in [0.3, 0.4) is 0 Å². The van der Waals surface area contributed by atoms with Crippen LogP contribution in [0.5, 0.6) is 11.5 Å². The molecular formula is C23H23N3O5S2. The van der Waals surface area contributed by atoms with E-state index >= 15 is 0 Å². The van der Waals surface area contributed by atoms with Crippen LogP contribution in [0.2, 0.25) is 0 Å². The number of aryl methyl sites for hydroxylation is 1. The Morgan fingerprint density at radius 1 is 1.12 bits per heavy atom. The average Bonchev–Trinajstić information content (AvgIpc) is 3.56. The van der Waals surface area contributed by atoms with Gasteiger partial charge in [0.25, 0.3) is 5.91 Å². The Hall–Kier alpha value is -2.95. The van der Waals surface area contributed by atoms with Gasteiger partial charge in [0.05, 0.1) is 10.6 Å². The minimum atomic E-state index is -3.59. The van der Waals surface area contributed by atoms with Gasteiger partial charge in [0.2, 0.25) is 16.8 Å². The Balaban J connectivity index is 1.30. The van der Waals surface area contributed by atoms with Gasteiger partial charge in [-0.3, -0.25) is 10.1 Å². The summed E-state index contributed by atoms with van der Waals surface area (Å²) >= 11 is 1.40. The summed E-state index contributed by atoms with van der Waals surface area (Å²) < 4.78 is 37.9. The Labute approximate surface area is 196 Å². The number of carbonyl (C=O) groups is 1. The fraction of sp³-hybridized carbons (Fsp3) is 0.304. The Morgan fingerprint density at radius 3 is 2.73 bits per heavy atom. The molecule has 0 radical (unpaired) electrons. The molecule has 2 aromatic carbocycles. The third-order valence-corrected chi connectivity index (χ3v) is 8.68. The number of ether oxygens (including phenoxy) is 2. The lowest BCUT2D eigenvalue weighted by atomic mass is 10.1. The average molecular weight is 486 g/mol. The van der Waals surface area contributed by atoms with Gasteiger partial charge < -0.3 is 9.47 Å². The van der Waals surface area contributed by atoms with E-state index in [0.717, 1.165) is 40.5 Å². The highest BCUT2D eigenvalue weighted by Crippen LogP contribution is 2.34. The van der Waals surface area contributed by atoms with E-state index in [0.29, 0.717) is 24.6 Å². The van der Waals surface area contributed by atoms with Crippen molar-refractivity contribution in [2.45, 2.75) is 31.1 Å². The lowest BCUT2D eigenvalue weighted by molar-refractivity contribution is 0.102. The molecule has 0 unspecified atom stereocenters. The van der Waals surface area contributed by atoms with E-state index in [1.807, 2.05) is 25.1 Å². The van der Waals surface area contributed by atoms with Crippen molar-refractivity contribution < 1.29 is 22.7 Å². The molecule has 1 amide bonds. The smallest absolute Gasteiger partial charge is 0.257 e. The standard InChI is InChI=1S/C23H23N3O5S2/c1-15-21(12-16-7-8-19-20(11-16)31-14-30-19)32-23(24-15)25-22(27)17-5-4-6-18(13-17)33(28,29)26-9-2-3-10-26/h4-8,11,13H,2-3,9-10,12,14H2,1H3,(H,24,25,27). The van der Waals surface area contributed by atoms with Crippen LogP contribution in [0, 0.1) is 6.92 Å². The van der Waals surface area contributed by atoms with Crippen LogP contribution in [-0.4, -0.2) is 43.5 Å². The molecule has 3 heterocycles. The number of hydrogen-bond acceptors (Lipinski definition) is 7. The number of aromatic nitrogens is 1. The van der Waals surface area contributed by atoms with Crippen LogP contribution < -0.4 is 14.8 Å². The van der Waals surface area contributed by atoms with Crippen molar-refractivity contribution in [3.63, 3.8) is 0 Å². The number of fused-ring (bicyclic) bond motifs is 1. The maximum Gasteiger partial charge on any atom is 0.257 e. The van der Waals surface area contributed by atoms with Crippen molar-refractivity contribution in [3.8, 4) is 11.5 Å². The van der Waals surface area contributed by atoms with E-state index in [2.05, 4.69) is 10.3 Å². The van der Waals surface area contributed by atoms with Crippen molar-refractivity contribution in [1.29, 1.82) is 0 Å². The number of thiazole rings is 1. The SMILES string of the molecule is Cc1nc(NC(=O)c2cccc(S(=O)(=O)N3CCCC3)c2)sc1Cc1ccc2c(c1)OCO2. The maximum absolute atomic E-state index is 12.8. The number of rotatable bonds is 6. The molecule has 10 heteroatoms. The zero-order valence-corrected chi connectivity index (χ0v) is 19.7. The molecule has 3 aromatic rings. The molecule has 8 nitrogen and oxygen atoms in total. The van der Waals surface area contributed by atoms with Crippen LogP contribution in [-0.2, 0) is 16.4 Å². The first-order chi connectivity index (χ1) is 15.9. The van der Waals surface area contributed by atoms with Crippen LogP contribution in [0.4, 0.5) is 5.13 Å². The lowest BCUT2D eigenvalue weighted by Crippen LogP contribution is -2.28. The molecule has 5 rings (SSSR count). The highest BCUT2D eigenvalue weighted by atomic mass is 32.2. The Morgan fingerprint density at radius 2 is 1.91 bits per heavy atom. The normalized spacial score (nSPS) is 15.7. The van der Waals surface area contributed by atoms with E-state index in [1.165, 1.54) is 27.8 Å². The van der Waals surface area contributed by atoms with Gasteiger partial charge >= 0.3 is 0 Å². The van der Waals surface area contributed by atoms with E-state index < -0.39 is 15.9 Å². The third kappa shape index (κ3) is 4.46. The third-order valence-electron chi connectivity index (χ3n) is 5.71. The summed E-state index contributed by atoms with van der Waals surface area (Å²) in [4.78, 5) is 18.5. The molecule has 0 aliphatic carbocycles. The van der Waals surface area contributed by atoms with E-state index in [9.17, 15) is 13.2 Å². The number of hydrogen-bond donors (Lipinski definition) is 1. The van der Waals surface area contributed by atoms with Crippen LogP contribution in [0.1, 0.15) is 39.3 Å². The highest BCUT2D eigenvalue weighted by molar-refractivity contribution is 7.89. The topological polar surface area (TPSA) is 97.8 Å². The van der Waals surface area contributed by atoms with Gasteiger partial charge in [-0.25, -0.2) is 13.4 Å². The van der Waals surface area contributed by atoms with E-state index in [-0.39, 0.29) is 17.3 Å². The van der Waals surface area contributed by atoms with Crippen LogP contribution >= 0.6 is 11.3 Å². The molecule has 0 spiro atoms. The Bertz CT molecular complexity index is 1310. The summed E-state index contributed by atoms with van der Waals surface area (Å²) in [6, 6.07) is 12.0. The van der Waals surface area contributed by atoms with Gasteiger partial charge in [0.1, 0.15) is 0 Å². The zero-order chi connectivity index (χ0) is 23.0. The predicted octanol–water partition coefficient (Wildman–Crippen LogP) is 3.81. The predicted molar refractivity (Wildman–Crippen MR) is 125 cm³/mol. The molecule has 2 aliphatic heterocycles. The maximum atomic E-state index is 12.8. The second-order valence-electron chi connectivity index (χ2n) is 7.99. The fourth-order valence-corrected chi connectivity index (χ4v) is 6.48. The summed E-state index contributed by atoms with van der Waals surface area (Å²) in [7, 11) is -3.59. The van der Waals surface area contributed by atoms with Crippen molar-refractivity contribution >= 4 is 32.4 Å². The number of carbonyl (C=O) groups excluding carboxylic acids is 1. The van der Waals surface area contributed by atoms with Crippen LogP contribution in [0.25, 0.3) is 0 Å². The molecule has 1 N–H and O–H groups in total. The second-order valence-corrected chi connectivity index (χ2v) is 11.0. The second kappa shape index (κ2) is 8.77. The van der Waals surface area contributed by atoms with E-state index in [4.69, 9.17) is 9.47 Å². The van der Waals surface area contributed by atoms with Gasteiger partial charge in [-0.05, 0) is 55.7 Å². The van der Waals surface area contributed by atoms with Crippen LogP contribution in [0.15, 0.2) is 47.4 Å². The largest absolute Gasteiger partial charge is 0.454 e. The lowest BCUT2D eigenvalue weighted by Gasteiger charge is -2.15. The molecule has 0 bridgehead atoms. The van der Waals surface area contributed by atoms with Gasteiger partial charge in [0.15, 0.2) is 16.6 Å². The van der Waals surface area contributed by atoms with Gasteiger partial charge in [-0.2, -0.15) is 4.31 Å². The molecule has 0 saturated carbocycles. The molecule has 1 aromatic heterocycles. The van der Waals surface area contributed by atoms with Gasteiger partial charge in [0, 0.05) is 30.0 Å². The summed E-state index contributed by atoms with van der Waals surface area (Å²) in [6.07, 6.45) is 2.37. The minimum Gasteiger partial charge on any atom is -0.454 e. The first-order valence-corrected chi connectivity index (χ1v) is 12.9. The summed E-state index contributed by atoms with van der Waals surface area (Å²) in [5.41, 5.74) is 2.17. The van der Waals surface area contributed by atoms with Gasteiger partial charge in [-0.1, -0.05) is 12.1 Å². The molecule has 0 atom stereocenters. The summed E-state index contributed by atoms with van der Waals surface area (Å²) in [5.74, 6) is 1.07. The van der Waals surface area contributed by atoms with E-state index in [1.54, 1.807) is 12.1 Å². The number of benzene rings is 2. The quantitative estimate of drug-likeness (QED) is 0.570. The summed E-state index contributed by atoms with van der Waals surface area (Å²) in [6.45, 7) is 3.17. The zero-order valence-electron chi connectivity index (χ0n) is 18.0. The number of nitrogens with zero attached hydrogens (tertiary/aromatic N) is 2. The highest BCUT2D eigenvalue weighted by Gasteiger charge is 2.27. The molecule has 33 heavy (non-hydrogen) atoms. The first kappa shape index (κ1) is 21.9. The number of amides is 1. The molecule has 1 saturated heterocycles. The number of sulfonamides is 1. The Kier molecular flexibility index (Phi) is 5.81. The molecule has 2 aliphatic rings. The fourth-order valence-electron chi connectivity index (χ4n) is 3.93. The number of nitrogens with one attached hydrogen (secondary N) is 1. The number of anilines is 1. The van der Waals surface area contributed by atoms with Crippen molar-refractivity contribution in [1.82, 2.24) is 9.29 Å². The van der Waals surface area contributed by atoms with Crippen molar-refractivity contribution in [2.75, 3.05) is 25.2 Å². The first-order valence-electron chi connectivity index (χ1n) is 10.7. The van der Waals surface area contributed by atoms with Crippen molar-refractivity contribution in [2.24, 2.45) is 0 Å².